The highest BCUT2D eigenvalue weighted by molar-refractivity contribution is 7.16. The summed E-state index contributed by atoms with van der Waals surface area (Å²) in [5.41, 5.74) is 5.18. The molecule has 0 aromatic carbocycles. The van der Waals surface area contributed by atoms with E-state index in [2.05, 4.69) is 25.3 Å². The number of pyridine rings is 3. The number of hydrogen-bond donors (Lipinski definition) is 1. The number of aryl methyl sites for hydroxylation is 3. The lowest BCUT2D eigenvalue weighted by atomic mass is 10.0. The number of rotatable bonds is 5. The van der Waals surface area contributed by atoms with Gasteiger partial charge in [-0.3, -0.25) is 19.9 Å². The molecule has 188 valence electrons. The van der Waals surface area contributed by atoms with Crippen LogP contribution in [0, 0.1) is 20.8 Å². The Morgan fingerprint density at radius 3 is 2.59 bits per heavy atom. The molecular formula is C26H23ClN6O3S. The number of nitrogens with zero attached hydrogens (tertiary/aromatic N) is 5. The number of carbonyl (C=O) groups excluding carboxylic acids is 2. The van der Waals surface area contributed by atoms with Crippen LogP contribution in [0.4, 0.5) is 5.13 Å². The van der Waals surface area contributed by atoms with Crippen molar-refractivity contribution in [1.29, 1.82) is 0 Å². The number of aromatic nitrogens is 4. The third-order valence-corrected chi connectivity index (χ3v) is 7.23. The van der Waals surface area contributed by atoms with E-state index < -0.39 is 0 Å². The lowest BCUT2D eigenvalue weighted by molar-refractivity contribution is 0.0743. The average molecular weight is 535 g/mol. The van der Waals surface area contributed by atoms with Crippen molar-refractivity contribution >= 4 is 39.9 Å². The Labute approximate surface area is 222 Å². The quantitative estimate of drug-likeness (QED) is 0.359. The summed E-state index contributed by atoms with van der Waals surface area (Å²) in [6.45, 7) is 6.36. The Kier molecular flexibility index (Phi) is 6.61. The predicted molar refractivity (Wildman–Crippen MR) is 141 cm³/mol. The number of nitrogens with one attached hydrogen (secondary N) is 1. The van der Waals surface area contributed by atoms with Crippen molar-refractivity contribution in [3.05, 3.63) is 80.6 Å². The average Bonchev–Trinajstić information content (AvgIpc) is 3.43. The molecular weight excluding hydrogens is 512 g/mol. The minimum Gasteiger partial charge on any atom is -0.494 e. The van der Waals surface area contributed by atoms with Crippen LogP contribution < -0.4 is 10.1 Å². The second-order valence-corrected chi connectivity index (χ2v) is 10.2. The van der Waals surface area contributed by atoms with Crippen LogP contribution in [0.3, 0.4) is 0 Å². The van der Waals surface area contributed by atoms with Crippen molar-refractivity contribution in [1.82, 2.24) is 24.8 Å². The first-order valence-corrected chi connectivity index (χ1v) is 12.6. The number of methoxy groups -OCH3 is 1. The molecule has 0 unspecified atom stereocenters. The van der Waals surface area contributed by atoms with Gasteiger partial charge in [-0.25, -0.2) is 15.0 Å². The summed E-state index contributed by atoms with van der Waals surface area (Å²) in [7, 11) is 1.53. The van der Waals surface area contributed by atoms with Crippen LogP contribution >= 0.6 is 22.9 Å². The molecule has 0 spiro atoms. The van der Waals surface area contributed by atoms with E-state index in [9.17, 15) is 9.59 Å². The van der Waals surface area contributed by atoms with Gasteiger partial charge in [-0.05, 0) is 44.5 Å². The number of anilines is 1. The van der Waals surface area contributed by atoms with Gasteiger partial charge >= 0.3 is 0 Å². The summed E-state index contributed by atoms with van der Waals surface area (Å²) in [6.07, 6.45) is 3.04. The lowest BCUT2D eigenvalue weighted by Gasteiger charge is -2.16. The number of carbonyl (C=O) groups is 2. The van der Waals surface area contributed by atoms with Gasteiger partial charge in [-0.15, -0.1) is 0 Å². The molecule has 2 amide bonds. The summed E-state index contributed by atoms with van der Waals surface area (Å²) >= 11 is 7.48. The SMILES string of the molecule is COc1cnc(Cl)cc1-c1cc(C)ncc1C(=O)Nc1nc2c(s1)CN(C(=O)c1nc(C)ccc1C)C2. The second-order valence-electron chi connectivity index (χ2n) is 8.70. The molecule has 4 aromatic heterocycles. The molecule has 0 aliphatic carbocycles. The van der Waals surface area contributed by atoms with Crippen LogP contribution in [0.15, 0.2) is 36.7 Å². The van der Waals surface area contributed by atoms with E-state index in [0.717, 1.165) is 27.5 Å². The third kappa shape index (κ3) is 4.90. The highest BCUT2D eigenvalue weighted by Gasteiger charge is 2.30. The zero-order chi connectivity index (χ0) is 26.3. The maximum absolute atomic E-state index is 13.3. The van der Waals surface area contributed by atoms with Crippen molar-refractivity contribution < 1.29 is 14.3 Å². The zero-order valence-electron chi connectivity index (χ0n) is 20.6. The second kappa shape index (κ2) is 9.87. The van der Waals surface area contributed by atoms with Gasteiger partial charge in [-0.2, -0.15) is 0 Å². The van der Waals surface area contributed by atoms with Crippen molar-refractivity contribution in [2.75, 3.05) is 12.4 Å². The molecule has 9 nitrogen and oxygen atoms in total. The smallest absolute Gasteiger partial charge is 0.273 e. The molecule has 1 aliphatic rings. The molecule has 5 heterocycles. The maximum Gasteiger partial charge on any atom is 0.273 e. The number of thiazole rings is 1. The summed E-state index contributed by atoms with van der Waals surface area (Å²) in [6, 6.07) is 7.24. The number of fused-ring (bicyclic) bond motifs is 1. The Morgan fingerprint density at radius 2 is 1.84 bits per heavy atom. The van der Waals surface area contributed by atoms with Crippen LogP contribution in [0.25, 0.3) is 11.1 Å². The molecule has 11 heteroatoms. The molecule has 37 heavy (non-hydrogen) atoms. The van der Waals surface area contributed by atoms with Crippen molar-refractivity contribution in [3.63, 3.8) is 0 Å². The summed E-state index contributed by atoms with van der Waals surface area (Å²) < 4.78 is 5.44. The van der Waals surface area contributed by atoms with Crippen molar-refractivity contribution in [2.24, 2.45) is 0 Å². The van der Waals surface area contributed by atoms with Crippen molar-refractivity contribution in [3.8, 4) is 16.9 Å². The molecule has 1 N–H and O–H groups in total. The Balaban J connectivity index is 1.36. The van der Waals surface area contributed by atoms with E-state index in [4.69, 9.17) is 16.3 Å². The predicted octanol–water partition coefficient (Wildman–Crippen LogP) is 4.99. The van der Waals surface area contributed by atoms with Gasteiger partial charge in [-0.1, -0.05) is 29.0 Å². The van der Waals surface area contributed by atoms with E-state index in [0.29, 0.717) is 46.4 Å². The minimum atomic E-state index is -0.363. The first-order valence-electron chi connectivity index (χ1n) is 11.4. The molecule has 0 saturated carbocycles. The van der Waals surface area contributed by atoms with Gasteiger partial charge in [0.15, 0.2) is 5.13 Å². The molecule has 0 saturated heterocycles. The van der Waals surface area contributed by atoms with Gasteiger partial charge in [0.2, 0.25) is 0 Å². The first-order chi connectivity index (χ1) is 17.7. The van der Waals surface area contributed by atoms with Crippen LogP contribution in [-0.4, -0.2) is 43.8 Å². The van der Waals surface area contributed by atoms with Gasteiger partial charge in [0.05, 0.1) is 42.5 Å². The molecule has 4 aromatic rings. The fourth-order valence-electron chi connectivity index (χ4n) is 4.15. The molecule has 0 fully saturated rings. The molecule has 0 radical (unpaired) electrons. The standard InChI is InChI=1S/C26H23ClN6O3S/c1-13-5-6-14(2)30-23(13)25(35)33-11-19-21(12-33)37-26(31-19)32-24(34)18-9-28-15(3)7-16(18)17-8-22(27)29-10-20(17)36-4/h5-10H,11-12H2,1-4H3,(H,31,32,34). The van der Waals surface area contributed by atoms with Gasteiger partial charge in [0.25, 0.3) is 11.8 Å². The monoisotopic (exact) mass is 534 g/mol. The maximum atomic E-state index is 13.3. The van der Waals surface area contributed by atoms with Crippen LogP contribution in [-0.2, 0) is 13.1 Å². The highest BCUT2D eigenvalue weighted by Crippen LogP contribution is 2.35. The summed E-state index contributed by atoms with van der Waals surface area (Å²) in [4.78, 5) is 46.4. The number of halogens is 1. The van der Waals surface area contributed by atoms with E-state index in [1.54, 1.807) is 17.0 Å². The zero-order valence-corrected chi connectivity index (χ0v) is 22.2. The molecule has 1 aliphatic heterocycles. The fourth-order valence-corrected chi connectivity index (χ4v) is 5.29. The van der Waals surface area contributed by atoms with Crippen LogP contribution in [0.2, 0.25) is 5.15 Å². The number of amides is 2. The van der Waals surface area contributed by atoms with E-state index in [-0.39, 0.29) is 17.0 Å². The number of ether oxygens (including phenoxy) is 1. The van der Waals surface area contributed by atoms with E-state index in [1.165, 1.54) is 30.8 Å². The van der Waals surface area contributed by atoms with Gasteiger partial charge in [0, 0.05) is 28.7 Å². The topological polar surface area (TPSA) is 110 Å². The van der Waals surface area contributed by atoms with Gasteiger partial charge in [0.1, 0.15) is 16.6 Å². The highest BCUT2D eigenvalue weighted by atomic mass is 35.5. The van der Waals surface area contributed by atoms with Gasteiger partial charge < -0.3 is 9.64 Å². The first kappa shape index (κ1) is 24.8. The Morgan fingerprint density at radius 1 is 1.03 bits per heavy atom. The van der Waals surface area contributed by atoms with Crippen LogP contribution in [0.1, 0.15) is 48.4 Å². The summed E-state index contributed by atoms with van der Waals surface area (Å²) in [5, 5.41) is 3.62. The van der Waals surface area contributed by atoms with Crippen molar-refractivity contribution in [2.45, 2.75) is 33.9 Å². The normalized spacial score (nSPS) is 12.4. The largest absolute Gasteiger partial charge is 0.494 e. The van der Waals surface area contributed by atoms with Crippen LogP contribution in [0.5, 0.6) is 5.75 Å². The minimum absolute atomic E-state index is 0.127. The lowest BCUT2D eigenvalue weighted by Crippen LogP contribution is -2.27. The number of hydrogen-bond acceptors (Lipinski definition) is 8. The molecule has 5 rings (SSSR count). The Hall–Kier alpha value is -3.89. The van der Waals surface area contributed by atoms with E-state index in [1.807, 2.05) is 32.9 Å². The third-order valence-electron chi connectivity index (χ3n) is 6.03. The molecule has 0 bridgehead atoms. The molecule has 0 atom stereocenters. The van der Waals surface area contributed by atoms with E-state index >= 15 is 0 Å². The summed E-state index contributed by atoms with van der Waals surface area (Å²) in [5.74, 6) is -0.00452. The fraction of sp³-hybridized carbons (Fsp3) is 0.231. The Bertz CT molecular complexity index is 1530.